The number of amides is 1. The van der Waals surface area contributed by atoms with Crippen LogP contribution in [0, 0.1) is 0 Å². The highest BCUT2D eigenvalue weighted by atomic mass is 19.4. The van der Waals surface area contributed by atoms with Gasteiger partial charge < -0.3 is 25.4 Å². The molecule has 2 unspecified atom stereocenters. The van der Waals surface area contributed by atoms with Gasteiger partial charge in [0.25, 0.3) is 5.91 Å². The Kier molecular flexibility index (Phi) is 5.93. The number of halogens is 3. The largest absolute Gasteiger partial charge is 0.506 e. The summed E-state index contributed by atoms with van der Waals surface area (Å²) in [6, 6.07) is 2.37. The predicted molar refractivity (Wildman–Crippen MR) is 69.5 cm³/mol. The lowest BCUT2D eigenvalue weighted by Gasteiger charge is -2.17. The number of phenolic OH excluding ortho intramolecular Hbond substituents is 1. The van der Waals surface area contributed by atoms with Crippen LogP contribution < -0.4 is 5.32 Å². The third kappa shape index (κ3) is 4.57. The van der Waals surface area contributed by atoms with E-state index in [1.54, 1.807) is 0 Å². The standard InChI is InChI=1S/C13H14F3NO6/c1-17-11(21)10(20)8(18)5-23-12(22)6-3-2-4-7(9(6)19)13(14,15)16/h2-4,8,10,18-20H,5H2,1H3,(H,17,21). The second-order valence-corrected chi connectivity index (χ2v) is 4.42. The Morgan fingerprint density at radius 1 is 1.30 bits per heavy atom. The van der Waals surface area contributed by atoms with Crippen LogP contribution in [0.15, 0.2) is 18.2 Å². The van der Waals surface area contributed by atoms with Crippen LogP contribution >= 0.6 is 0 Å². The van der Waals surface area contributed by atoms with Gasteiger partial charge in [-0.15, -0.1) is 0 Å². The zero-order valence-electron chi connectivity index (χ0n) is 11.8. The molecule has 0 bridgehead atoms. The van der Waals surface area contributed by atoms with Gasteiger partial charge in [0.2, 0.25) is 0 Å². The van der Waals surface area contributed by atoms with Crippen LogP contribution in [0.5, 0.6) is 5.75 Å². The van der Waals surface area contributed by atoms with E-state index in [4.69, 9.17) is 0 Å². The summed E-state index contributed by atoms with van der Waals surface area (Å²) in [5.74, 6) is -3.60. The van der Waals surface area contributed by atoms with E-state index in [2.05, 4.69) is 4.74 Å². The number of esters is 1. The van der Waals surface area contributed by atoms with E-state index in [0.717, 1.165) is 12.1 Å². The molecule has 0 saturated heterocycles. The monoisotopic (exact) mass is 337 g/mol. The summed E-state index contributed by atoms with van der Waals surface area (Å²) >= 11 is 0. The maximum absolute atomic E-state index is 12.6. The average molecular weight is 337 g/mol. The van der Waals surface area contributed by atoms with Gasteiger partial charge in [-0.1, -0.05) is 6.07 Å². The van der Waals surface area contributed by atoms with Gasteiger partial charge in [0.05, 0.1) is 5.56 Å². The number of likely N-dealkylation sites (N-methyl/N-ethyl adjacent to an activating group) is 1. The van der Waals surface area contributed by atoms with Gasteiger partial charge in [0.1, 0.15) is 24.0 Å². The summed E-state index contributed by atoms with van der Waals surface area (Å²) in [5.41, 5.74) is -2.18. The molecular formula is C13H14F3NO6. The third-order valence-electron chi connectivity index (χ3n) is 2.83. The van der Waals surface area contributed by atoms with Gasteiger partial charge in [0.15, 0.2) is 6.10 Å². The van der Waals surface area contributed by atoms with Gasteiger partial charge in [0, 0.05) is 7.05 Å². The van der Waals surface area contributed by atoms with Gasteiger partial charge >= 0.3 is 12.1 Å². The van der Waals surface area contributed by atoms with Crippen molar-refractivity contribution in [3.05, 3.63) is 29.3 Å². The summed E-state index contributed by atoms with van der Waals surface area (Å²) in [7, 11) is 1.20. The van der Waals surface area contributed by atoms with Gasteiger partial charge in [-0.3, -0.25) is 4.79 Å². The minimum atomic E-state index is -4.87. The first-order valence-corrected chi connectivity index (χ1v) is 6.23. The minimum absolute atomic E-state index is 0.580. The molecule has 0 aliphatic carbocycles. The number of aliphatic hydroxyl groups excluding tert-OH is 2. The SMILES string of the molecule is CNC(=O)C(O)C(O)COC(=O)c1cccc(C(F)(F)F)c1O. The fourth-order valence-electron chi connectivity index (χ4n) is 1.59. The molecule has 2 atom stereocenters. The molecule has 1 amide bonds. The molecule has 1 aromatic rings. The number of nitrogens with one attached hydrogen (secondary N) is 1. The molecule has 4 N–H and O–H groups in total. The first-order valence-electron chi connectivity index (χ1n) is 6.23. The van der Waals surface area contributed by atoms with E-state index in [1.165, 1.54) is 7.05 Å². The number of hydrogen-bond acceptors (Lipinski definition) is 6. The number of hydrogen-bond donors (Lipinski definition) is 4. The quantitative estimate of drug-likeness (QED) is 0.564. The molecular weight excluding hydrogens is 323 g/mol. The number of alkyl halides is 3. The van der Waals surface area contributed by atoms with Crippen LogP contribution in [0.1, 0.15) is 15.9 Å². The summed E-state index contributed by atoms with van der Waals surface area (Å²) in [6.45, 7) is -0.858. The van der Waals surface area contributed by atoms with Crippen LogP contribution in [0.3, 0.4) is 0 Å². The minimum Gasteiger partial charge on any atom is -0.506 e. The van der Waals surface area contributed by atoms with E-state index < -0.39 is 53.7 Å². The molecule has 0 aliphatic rings. The van der Waals surface area contributed by atoms with Crippen molar-refractivity contribution >= 4 is 11.9 Å². The molecule has 0 aliphatic heterocycles. The van der Waals surface area contributed by atoms with Gasteiger partial charge in [-0.05, 0) is 12.1 Å². The number of carbonyl (C=O) groups is 2. The smallest absolute Gasteiger partial charge is 0.419 e. The van der Waals surface area contributed by atoms with Gasteiger partial charge in [-0.2, -0.15) is 13.2 Å². The van der Waals surface area contributed by atoms with E-state index in [9.17, 15) is 38.1 Å². The highest BCUT2D eigenvalue weighted by Gasteiger charge is 2.36. The van der Waals surface area contributed by atoms with Crippen LogP contribution in [-0.2, 0) is 15.7 Å². The van der Waals surface area contributed by atoms with Crippen molar-refractivity contribution in [1.29, 1.82) is 0 Å². The highest BCUT2D eigenvalue weighted by Crippen LogP contribution is 2.37. The molecule has 0 radical (unpaired) electrons. The van der Waals surface area contributed by atoms with Crippen molar-refractivity contribution in [1.82, 2.24) is 5.32 Å². The van der Waals surface area contributed by atoms with E-state index in [-0.39, 0.29) is 0 Å². The molecule has 128 valence electrons. The summed E-state index contributed by atoms with van der Waals surface area (Å²) in [5, 5.41) is 30.3. The first kappa shape index (κ1) is 18.7. The Morgan fingerprint density at radius 2 is 1.91 bits per heavy atom. The molecule has 0 heterocycles. The lowest BCUT2D eigenvalue weighted by atomic mass is 10.1. The topological polar surface area (TPSA) is 116 Å². The lowest BCUT2D eigenvalue weighted by molar-refractivity contribution is -0.139. The zero-order valence-corrected chi connectivity index (χ0v) is 11.8. The van der Waals surface area contributed by atoms with E-state index in [1.807, 2.05) is 5.32 Å². The summed E-state index contributed by atoms with van der Waals surface area (Å²) in [4.78, 5) is 22.7. The fraction of sp³-hybridized carbons (Fsp3) is 0.385. The molecule has 1 rings (SSSR count). The lowest BCUT2D eigenvalue weighted by Crippen LogP contribution is -2.43. The van der Waals surface area contributed by atoms with Crippen molar-refractivity contribution in [2.45, 2.75) is 18.4 Å². The first-order chi connectivity index (χ1) is 10.6. The average Bonchev–Trinajstić information content (AvgIpc) is 2.49. The van der Waals surface area contributed by atoms with Crippen molar-refractivity contribution in [2.24, 2.45) is 0 Å². The number of aromatic hydroxyl groups is 1. The second kappa shape index (κ2) is 7.29. The maximum atomic E-state index is 12.6. The van der Waals surface area contributed by atoms with Crippen molar-refractivity contribution in [2.75, 3.05) is 13.7 Å². The number of ether oxygens (including phenoxy) is 1. The predicted octanol–water partition coefficient (Wildman–Crippen LogP) is 0.0356. The van der Waals surface area contributed by atoms with Crippen LogP contribution in [-0.4, -0.2) is 53.1 Å². The van der Waals surface area contributed by atoms with Gasteiger partial charge in [-0.25, -0.2) is 4.79 Å². The zero-order chi connectivity index (χ0) is 17.8. The van der Waals surface area contributed by atoms with E-state index >= 15 is 0 Å². The van der Waals surface area contributed by atoms with Crippen molar-refractivity contribution < 1.29 is 42.8 Å². The third-order valence-corrected chi connectivity index (χ3v) is 2.83. The summed E-state index contributed by atoms with van der Waals surface area (Å²) in [6.07, 6.45) is -8.54. The Morgan fingerprint density at radius 3 is 2.43 bits per heavy atom. The summed E-state index contributed by atoms with van der Waals surface area (Å²) < 4.78 is 42.3. The normalized spacial score (nSPS) is 14.0. The number of aliphatic hydroxyl groups is 2. The maximum Gasteiger partial charge on any atom is 0.419 e. The number of para-hydroxylation sites is 1. The highest BCUT2D eigenvalue weighted by molar-refractivity contribution is 5.93. The molecule has 0 aromatic heterocycles. The number of benzene rings is 1. The number of carbonyl (C=O) groups excluding carboxylic acids is 2. The Hall–Kier alpha value is -2.33. The molecule has 7 nitrogen and oxygen atoms in total. The molecule has 10 heteroatoms. The molecule has 0 fully saturated rings. The van der Waals surface area contributed by atoms with Crippen molar-refractivity contribution in [3.8, 4) is 5.75 Å². The van der Waals surface area contributed by atoms with Crippen molar-refractivity contribution in [3.63, 3.8) is 0 Å². The van der Waals surface area contributed by atoms with Crippen LogP contribution in [0.4, 0.5) is 13.2 Å². The molecule has 0 spiro atoms. The van der Waals surface area contributed by atoms with Crippen LogP contribution in [0.2, 0.25) is 0 Å². The van der Waals surface area contributed by atoms with E-state index in [0.29, 0.717) is 6.07 Å². The Bertz CT molecular complexity index is 590. The fourth-order valence-corrected chi connectivity index (χ4v) is 1.59. The Labute approximate surface area is 128 Å². The Balaban J connectivity index is 2.82. The molecule has 23 heavy (non-hydrogen) atoms. The second-order valence-electron chi connectivity index (χ2n) is 4.42. The number of phenols is 1. The van der Waals surface area contributed by atoms with Crippen LogP contribution in [0.25, 0.3) is 0 Å². The number of rotatable bonds is 5. The molecule has 0 saturated carbocycles. The molecule has 1 aromatic carbocycles.